The summed E-state index contributed by atoms with van der Waals surface area (Å²) in [5, 5.41) is 2.44. The molecule has 0 saturated carbocycles. The highest BCUT2D eigenvalue weighted by atomic mass is 19.4. The van der Waals surface area contributed by atoms with Crippen LogP contribution in [-0.2, 0) is 20.5 Å². The molecular formula is C19H22F3N3O4. The molecule has 1 heterocycles. The van der Waals surface area contributed by atoms with Crippen LogP contribution in [0.25, 0.3) is 6.08 Å². The van der Waals surface area contributed by atoms with Crippen LogP contribution in [0.1, 0.15) is 18.1 Å². The van der Waals surface area contributed by atoms with Crippen molar-refractivity contribution in [2.24, 2.45) is 0 Å². The topological polar surface area (TPSA) is 79.0 Å². The van der Waals surface area contributed by atoms with Crippen molar-refractivity contribution in [3.63, 3.8) is 0 Å². The molecule has 10 heteroatoms. The van der Waals surface area contributed by atoms with Gasteiger partial charge in [0.25, 0.3) is 0 Å². The number of ether oxygens (including phenoxy) is 1. The first-order valence-electron chi connectivity index (χ1n) is 9.03. The van der Waals surface area contributed by atoms with Crippen LogP contribution >= 0.6 is 0 Å². The molecule has 0 unspecified atom stereocenters. The molecule has 0 aromatic heterocycles. The summed E-state index contributed by atoms with van der Waals surface area (Å²) in [6, 6.07) is 4.36. The Morgan fingerprint density at radius 1 is 1.07 bits per heavy atom. The fourth-order valence-electron chi connectivity index (χ4n) is 2.64. The highest BCUT2D eigenvalue weighted by Gasteiger charge is 2.29. The Bertz CT molecular complexity index is 755. The van der Waals surface area contributed by atoms with Crippen LogP contribution in [0.2, 0.25) is 0 Å². The summed E-state index contributed by atoms with van der Waals surface area (Å²) in [4.78, 5) is 38.7. The predicted octanol–water partition coefficient (Wildman–Crippen LogP) is 2.14. The minimum Gasteiger partial charge on any atom is -0.450 e. The predicted molar refractivity (Wildman–Crippen MR) is 98.7 cm³/mol. The SMILES string of the molecule is CCOC(=O)N1CCN(C(=O)CNC(=O)/C=C/c2ccc(C(F)(F)F)cc2)CC1. The van der Waals surface area contributed by atoms with E-state index in [0.29, 0.717) is 31.7 Å². The van der Waals surface area contributed by atoms with E-state index in [4.69, 9.17) is 4.74 Å². The van der Waals surface area contributed by atoms with Gasteiger partial charge in [-0.15, -0.1) is 0 Å². The first-order chi connectivity index (χ1) is 13.7. The molecular weight excluding hydrogens is 391 g/mol. The number of carbonyl (C=O) groups excluding carboxylic acids is 3. The molecule has 0 spiro atoms. The maximum Gasteiger partial charge on any atom is 0.416 e. The number of benzene rings is 1. The van der Waals surface area contributed by atoms with Crippen LogP contribution < -0.4 is 5.32 Å². The fraction of sp³-hybridized carbons (Fsp3) is 0.421. The largest absolute Gasteiger partial charge is 0.450 e. The van der Waals surface area contributed by atoms with E-state index in [2.05, 4.69) is 5.32 Å². The lowest BCUT2D eigenvalue weighted by atomic mass is 10.1. The zero-order chi connectivity index (χ0) is 21.4. The number of nitrogens with one attached hydrogen (secondary N) is 1. The number of rotatable bonds is 5. The summed E-state index contributed by atoms with van der Waals surface area (Å²) in [5.41, 5.74) is -0.345. The second-order valence-electron chi connectivity index (χ2n) is 6.24. The van der Waals surface area contributed by atoms with Gasteiger partial charge in [-0.2, -0.15) is 13.2 Å². The Hall–Kier alpha value is -3.04. The van der Waals surface area contributed by atoms with Gasteiger partial charge in [0.15, 0.2) is 0 Å². The molecule has 7 nitrogen and oxygen atoms in total. The van der Waals surface area contributed by atoms with E-state index in [-0.39, 0.29) is 19.1 Å². The molecule has 1 aliphatic rings. The molecule has 158 valence electrons. The van der Waals surface area contributed by atoms with E-state index in [0.717, 1.165) is 18.2 Å². The van der Waals surface area contributed by atoms with Gasteiger partial charge in [0, 0.05) is 32.3 Å². The molecule has 1 aromatic rings. The van der Waals surface area contributed by atoms with Gasteiger partial charge in [-0.25, -0.2) is 4.79 Å². The third-order valence-corrected chi connectivity index (χ3v) is 4.24. The molecule has 1 N–H and O–H groups in total. The van der Waals surface area contributed by atoms with Crippen LogP contribution in [0.15, 0.2) is 30.3 Å². The van der Waals surface area contributed by atoms with Crippen LogP contribution in [0.5, 0.6) is 0 Å². The maximum atomic E-state index is 12.5. The van der Waals surface area contributed by atoms with Crippen molar-refractivity contribution in [3.8, 4) is 0 Å². The van der Waals surface area contributed by atoms with Gasteiger partial charge >= 0.3 is 12.3 Å². The molecule has 0 aliphatic carbocycles. The van der Waals surface area contributed by atoms with Crippen molar-refractivity contribution in [3.05, 3.63) is 41.5 Å². The smallest absolute Gasteiger partial charge is 0.416 e. The molecule has 1 aliphatic heterocycles. The normalized spacial score (nSPS) is 14.8. The van der Waals surface area contributed by atoms with Crippen molar-refractivity contribution in [2.75, 3.05) is 39.3 Å². The average Bonchev–Trinajstić information content (AvgIpc) is 2.70. The third kappa shape index (κ3) is 6.81. The molecule has 29 heavy (non-hydrogen) atoms. The summed E-state index contributed by atoms with van der Waals surface area (Å²) in [6.45, 7) is 3.18. The first kappa shape index (κ1) is 22.3. The molecule has 3 amide bonds. The van der Waals surface area contributed by atoms with E-state index in [9.17, 15) is 27.6 Å². The van der Waals surface area contributed by atoms with Gasteiger partial charge in [-0.05, 0) is 30.7 Å². The zero-order valence-electron chi connectivity index (χ0n) is 15.9. The van der Waals surface area contributed by atoms with Gasteiger partial charge < -0.3 is 19.9 Å². The zero-order valence-corrected chi connectivity index (χ0v) is 15.9. The van der Waals surface area contributed by atoms with E-state index in [1.165, 1.54) is 28.0 Å². The standard InChI is InChI=1S/C19H22F3N3O4/c1-2-29-18(28)25-11-9-24(10-12-25)17(27)13-23-16(26)8-5-14-3-6-15(7-4-14)19(20,21)22/h3-8H,2,9-13H2,1H3,(H,23,26)/b8-5+. The summed E-state index contributed by atoms with van der Waals surface area (Å²) in [6.07, 6.45) is -2.32. The van der Waals surface area contributed by atoms with Crippen molar-refractivity contribution in [1.29, 1.82) is 0 Å². The number of hydrogen-bond acceptors (Lipinski definition) is 4. The molecule has 1 aromatic carbocycles. The number of carbonyl (C=O) groups is 3. The minimum atomic E-state index is -4.41. The Labute approximate surface area is 166 Å². The second-order valence-corrected chi connectivity index (χ2v) is 6.24. The van der Waals surface area contributed by atoms with Gasteiger partial charge in [0.05, 0.1) is 18.7 Å². The van der Waals surface area contributed by atoms with Crippen LogP contribution in [0, 0.1) is 0 Å². The number of halogens is 3. The Balaban J connectivity index is 1.75. The second kappa shape index (κ2) is 9.94. The summed E-state index contributed by atoms with van der Waals surface area (Å²) < 4.78 is 42.5. The molecule has 0 bridgehead atoms. The lowest BCUT2D eigenvalue weighted by molar-refractivity contribution is -0.137. The van der Waals surface area contributed by atoms with Gasteiger partial charge in [-0.3, -0.25) is 9.59 Å². The lowest BCUT2D eigenvalue weighted by Crippen LogP contribution is -2.52. The number of piperazine rings is 1. The molecule has 1 saturated heterocycles. The van der Waals surface area contributed by atoms with Crippen molar-refractivity contribution in [1.82, 2.24) is 15.1 Å². The lowest BCUT2D eigenvalue weighted by Gasteiger charge is -2.34. The fourth-order valence-corrected chi connectivity index (χ4v) is 2.64. The number of amides is 3. The molecule has 1 fully saturated rings. The highest BCUT2D eigenvalue weighted by Crippen LogP contribution is 2.29. The van der Waals surface area contributed by atoms with Crippen molar-refractivity contribution < 1.29 is 32.3 Å². The number of alkyl halides is 3. The summed E-state index contributed by atoms with van der Waals surface area (Å²) in [7, 11) is 0. The monoisotopic (exact) mass is 413 g/mol. The van der Waals surface area contributed by atoms with Crippen molar-refractivity contribution >= 4 is 24.0 Å². The third-order valence-electron chi connectivity index (χ3n) is 4.24. The van der Waals surface area contributed by atoms with Crippen LogP contribution in [-0.4, -0.2) is 67.0 Å². The average molecular weight is 413 g/mol. The Kier molecular flexibility index (Phi) is 7.63. The molecule has 2 rings (SSSR count). The van der Waals surface area contributed by atoms with Crippen LogP contribution in [0.4, 0.5) is 18.0 Å². The molecule has 0 atom stereocenters. The van der Waals surface area contributed by atoms with Gasteiger partial charge in [0.2, 0.25) is 11.8 Å². The Morgan fingerprint density at radius 3 is 2.21 bits per heavy atom. The first-order valence-corrected chi connectivity index (χ1v) is 9.03. The quantitative estimate of drug-likeness (QED) is 0.751. The van der Waals surface area contributed by atoms with E-state index < -0.39 is 23.7 Å². The van der Waals surface area contributed by atoms with E-state index in [1.54, 1.807) is 6.92 Å². The van der Waals surface area contributed by atoms with Gasteiger partial charge in [0.1, 0.15) is 0 Å². The number of nitrogens with zero attached hydrogens (tertiary/aromatic N) is 2. The van der Waals surface area contributed by atoms with E-state index in [1.807, 2.05) is 0 Å². The highest BCUT2D eigenvalue weighted by molar-refractivity contribution is 5.94. The maximum absolute atomic E-state index is 12.5. The Morgan fingerprint density at radius 2 is 1.66 bits per heavy atom. The van der Waals surface area contributed by atoms with Crippen LogP contribution in [0.3, 0.4) is 0 Å². The van der Waals surface area contributed by atoms with Gasteiger partial charge in [-0.1, -0.05) is 12.1 Å². The minimum absolute atomic E-state index is 0.213. The number of hydrogen-bond donors (Lipinski definition) is 1. The summed E-state index contributed by atoms with van der Waals surface area (Å²) in [5.74, 6) is -0.826. The molecule has 0 radical (unpaired) electrons. The summed E-state index contributed by atoms with van der Waals surface area (Å²) >= 11 is 0. The van der Waals surface area contributed by atoms with E-state index >= 15 is 0 Å². The van der Waals surface area contributed by atoms with Crippen molar-refractivity contribution in [2.45, 2.75) is 13.1 Å².